The maximum absolute atomic E-state index is 13.7. The summed E-state index contributed by atoms with van der Waals surface area (Å²) in [5.41, 5.74) is 9.70. The highest BCUT2D eigenvalue weighted by Crippen LogP contribution is 2.34. The van der Waals surface area contributed by atoms with Gasteiger partial charge in [0.1, 0.15) is 11.9 Å². The summed E-state index contributed by atoms with van der Waals surface area (Å²) in [5.74, 6) is 1.42. The molecule has 8 rings (SSSR count). The molecule has 0 saturated heterocycles. The van der Waals surface area contributed by atoms with E-state index >= 15 is 0 Å². The lowest BCUT2D eigenvalue weighted by atomic mass is 9.95. The summed E-state index contributed by atoms with van der Waals surface area (Å²) in [6.07, 6.45) is 0. The van der Waals surface area contributed by atoms with E-state index in [2.05, 4.69) is 61.1 Å². The molecule has 6 aromatic carbocycles. The van der Waals surface area contributed by atoms with Crippen LogP contribution in [0.4, 0.5) is 0 Å². The Bertz CT molecular complexity index is 2360. The molecule has 0 aliphatic carbocycles. The molecule has 0 bridgehead atoms. The fraction of sp³-hybridized carbons (Fsp3) is 0.0233. The molecule has 240 valence electrons. The topological polar surface area (TPSA) is 70.5 Å². The van der Waals surface area contributed by atoms with Crippen LogP contribution in [0.1, 0.15) is 38.7 Å². The fourth-order valence-electron chi connectivity index (χ4n) is 6.09. The zero-order valence-electron chi connectivity index (χ0n) is 26.6. The van der Waals surface area contributed by atoms with Crippen LogP contribution in [-0.4, -0.2) is 27.3 Å². The predicted octanol–water partition coefficient (Wildman–Crippen LogP) is 11.2. The first-order valence-electron chi connectivity index (χ1n) is 16.1. The van der Waals surface area contributed by atoms with Gasteiger partial charge in [-0.1, -0.05) is 165 Å². The normalized spacial score (nSPS) is 13.9. The number of aliphatic imine (C=N–C) groups is 2. The monoisotopic (exact) mass is 774 g/mol. The fourth-order valence-corrected chi connectivity index (χ4v) is 6.62. The van der Waals surface area contributed by atoms with Gasteiger partial charge in [-0.25, -0.2) is 9.98 Å². The molecule has 7 aromatic rings. The maximum Gasteiger partial charge on any atom is 0.193 e. The molecular weight excluding hydrogens is 748 g/mol. The average Bonchev–Trinajstić information content (AvgIpc) is 3.82. The lowest BCUT2D eigenvalue weighted by Crippen LogP contribution is -2.10. The van der Waals surface area contributed by atoms with Crippen LogP contribution in [0.3, 0.4) is 0 Å². The molecular formula is C43H28Br2N4O. The number of hydrogen-bond donors (Lipinski definition) is 1. The van der Waals surface area contributed by atoms with Crippen molar-refractivity contribution in [2.75, 3.05) is 0 Å². The second kappa shape index (κ2) is 13.8. The molecule has 7 heteroatoms. The highest BCUT2D eigenvalue weighted by molar-refractivity contribution is 9.10. The molecule has 0 spiro atoms. The van der Waals surface area contributed by atoms with Crippen LogP contribution in [0.25, 0.3) is 33.9 Å². The molecule has 0 amide bonds. The first-order chi connectivity index (χ1) is 24.5. The van der Waals surface area contributed by atoms with Crippen LogP contribution in [0.2, 0.25) is 0 Å². The number of carbonyl (C=O) groups is 1. The number of amidine groups is 1. The highest BCUT2D eigenvalue weighted by Gasteiger charge is 2.27. The van der Waals surface area contributed by atoms with Crippen molar-refractivity contribution in [1.29, 1.82) is 0 Å². The van der Waals surface area contributed by atoms with Crippen molar-refractivity contribution in [3.8, 4) is 33.9 Å². The number of rotatable bonds is 8. The number of ketones is 1. The van der Waals surface area contributed by atoms with Gasteiger partial charge in [0.2, 0.25) is 0 Å². The number of hydrogen-bond acceptors (Lipinski definition) is 4. The van der Waals surface area contributed by atoms with Crippen molar-refractivity contribution in [2.45, 2.75) is 6.04 Å². The first-order valence-corrected chi connectivity index (χ1v) is 17.7. The Labute approximate surface area is 306 Å². The van der Waals surface area contributed by atoms with Gasteiger partial charge < -0.3 is 4.98 Å². The van der Waals surface area contributed by atoms with E-state index in [4.69, 9.17) is 15.0 Å². The molecule has 1 aromatic heterocycles. The van der Waals surface area contributed by atoms with Crippen LogP contribution in [0.5, 0.6) is 0 Å². The summed E-state index contributed by atoms with van der Waals surface area (Å²) < 4.78 is 2.01. The van der Waals surface area contributed by atoms with Gasteiger partial charge >= 0.3 is 0 Å². The summed E-state index contributed by atoms with van der Waals surface area (Å²) in [4.78, 5) is 32.3. The molecule has 1 aliphatic heterocycles. The van der Waals surface area contributed by atoms with Crippen LogP contribution in [0.15, 0.2) is 177 Å². The third kappa shape index (κ3) is 6.45. The van der Waals surface area contributed by atoms with E-state index in [1.165, 1.54) is 0 Å². The lowest BCUT2D eigenvalue weighted by molar-refractivity contribution is 0.103. The first kappa shape index (κ1) is 31.7. The van der Waals surface area contributed by atoms with E-state index in [0.717, 1.165) is 65.3 Å². The smallest absolute Gasteiger partial charge is 0.193 e. The van der Waals surface area contributed by atoms with Crippen molar-refractivity contribution in [3.05, 3.63) is 194 Å². The Balaban J connectivity index is 1.07. The van der Waals surface area contributed by atoms with Crippen LogP contribution >= 0.6 is 31.9 Å². The van der Waals surface area contributed by atoms with Gasteiger partial charge in [-0.3, -0.25) is 9.79 Å². The standard InChI is InChI=1S/C43H28Br2N4O/c44-35-23-19-33(20-24-35)42-46-37(27-7-3-1-4-8-27)39(48-42)29-11-15-31(16-12-29)41(50)32-17-13-30(14-18-32)40-38(28-9-5-2-6-10-28)47-43(49-40)34-21-25-36(45)26-22-34/h1-26,37H,(H,47,49)/t37-/m1/s1. The molecule has 0 saturated carbocycles. The van der Waals surface area contributed by atoms with E-state index in [9.17, 15) is 4.79 Å². The van der Waals surface area contributed by atoms with Crippen molar-refractivity contribution >= 4 is 49.2 Å². The third-order valence-corrected chi connectivity index (χ3v) is 9.76. The van der Waals surface area contributed by atoms with Crippen LogP contribution < -0.4 is 0 Å². The summed E-state index contributed by atoms with van der Waals surface area (Å²) >= 11 is 7.03. The zero-order chi connectivity index (χ0) is 34.0. The molecule has 5 nitrogen and oxygen atoms in total. The number of nitrogens with zero attached hydrogens (tertiary/aromatic N) is 3. The van der Waals surface area contributed by atoms with Gasteiger partial charge in [-0.15, -0.1) is 0 Å². The zero-order valence-corrected chi connectivity index (χ0v) is 29.8. The number of aromatic nitrogens is 2. The number of benzene rings is 6. The number of H-pyrrole nitrogens is 1. The SMILES string of the molecule is O=C(c1ccc(C2=NC(c3ccc(Br)cc3)=N[C@@H]2c2ccccc2)cc1)c1ccc(-c2nc(-c3ccc(Br)cc3)[nH]c2-c2ccccc2)cc1. The minimum absolute atomic E-state index is 0.0521. The molecule has 1 atom stereocenters. The second-order valence-corrected chi connectivity index (χ2v) is 13.8. The quantitative estimate of drug-likeness (QED) is 0.156. The van der Waals surface area contributed by atoms with Crippen molar-refractivity contribution in [3.63, 3.8) is 0 Å². The Morgan fingerprint density at radius 2 is 1.06 bits per heavy atom. The highest BCUT2D eigenvalue weighted by atomic mass is 79.9. The number of nitrogens with one attached hydrogen (secondary N) is 1. The number of aromatic amines is 1. The van der Waals surface area contributed by atoms with Gasteiger partial charge in [-0.2, -0.15) is 0 Å². The van der Waals surface area contributed by atoms with Crippen LogP contribution in [-0.2, 0) is 0 Å². The Morgan fingerprint density at radius 3 is 1.66 bits per heavy atom. The van der Waals surface area contributed by atoms with E-state index in [1.807, 2.05) is 133 Å². The summed E-state index contributed by atoms with van der Waals surface area (Å²) in [6, 6.07) is 51.6. The van der Waals surface area contributed by atoms with Crippen molar-refractivity contribution in [2.24, 2.45) is 9.98 Å². The minimum atomic E-state index is -0.240. The second-order valence-electron chi connectivity index (χ2n) is 11.9. The largest absolute Gasteiger partial charge is 0.337 e. The summed E-state index contributed by atoms with van der Waals surface area (Å²) in [6.45, 7) is 0. The Morgan fingerprint density at radius 1 is 0.540 bits per heavy atom. The van der Waals surface area contributed by atoms with Gasteiger partial charge in [-0.05, 0) is 35.4 Å². The average molecular weight is 777 g/mol. The van der Waals surface area contributed by atoms with E-state index < -0.39 is 0 Å². The Kier molecular flexibility index (Phi) is 8.75. The van der Waals surface area contributed by atoms with Gasteiger partial charge in [0.25, 0.3) is 0 Å². The van der Waals surface area contributed by atoms with Crippen LogP contribution in [0, 0.1) is 0 Å². The Hall–Kier alpha value is -5.50. The molecule has 0 radical (unpaired) electrons. The molecule has 0 unspecified atom stereocenters. The minimum Gasteiger partial charge on any atom is -0.337 e. The lowest BCUT2D eigenvalue weighted by Gasteiger charge is -2.12. The molecule has 1 aliphatic rings. The third-order valence-electron chi connectivity index (χ3n) is 8.70. The molecule has 2 heterocycles. The van der Waals surface area contributed by atoms with E-state index in [0.29, 0.717) is 17.0 Å². The van der Waals surface area contributed by atoms with E-state index in [-0.39, 0.29) is 11.8 Å². The number of imidazole rings is 1. The van der Waals surface area contributed by atoms with E-state index in [1.54, 1.807) is 0 Å². The summed E-state index contributed by atoms with van der Waals surface area (Å²) in [5, 5.41) is 0. The number of halogens is 2. The predicted molar refractivity (Wildman–Crippen MR) is 209 cm³/mol. The maximum atomic E-state index is 13.7. The molecule has 0 fully saturated rings. The molecule has 1 N–H and O–H groups in total. The van der Waals surface area contributed by atoms with Crippen molar-refractivity contribution in [1.82, 2.24) is 9.97 Å². The van der Waals surface area contributed by atoms with Crippen molar-refractivity contribution < 1.29 is 4.79 Å². The summed E-state index contributed by atoms with van der Waals surface area (Å²) in [7, 11) is 0. The van der Waals surface area contributed by atoms with Gasteiger partial charge in [0.05, 0.1) is 17.1 Å². The molecule has 50 heavy (non-hydrogen) atoms. The van der Waals surface area contributed by atoms with Gasteiger partial charge in [0.15, 0.2) is 11.6 Å². The number of carbonyl (C=O) groups excluding carboxylic acids is 1. The van der Waals surface area contributed by atoms with Gasteiger partial charge in [0, 0.05) is 42.3 Å².